The van der Waals surface area contributed by atoms with Gasteiger partial charge in [-0.15, -0.1) is 0 Å². The minimum atomic E-state index is -0.0366. The zero-order valence-corrected chi connectivity index (χ0v) is 17.7. The van der Waals surface area contributed by atoms with E-state index >= 15 is 0 Å². The van der Waals surface area contributed by atoms with E-state index in [4.69, 9.17) is 20.4 Å². The summed E-state index contributed by atoms with van der Waals surface area (Å²) in [4.78, 5) is 12.7. The average molecular weight is 388 g/mol. The summed E-state index contributed by atoms with van der Waals surface area (Å²) in [5.41, 5.74) is 1.35. The number of benzene rings is 1. The molecule has 0 amide bonds. The Bertz CT molecular complexity index is 650. The van der Waals surface area contributed by atoms with Gasteiger partial charge in [-0.1, -0.05) is 62.3 Å². The van der Waals surface area contributed by atoms with Crippen molar-refractivity contribution in [3.05, 3.63) is 29.8 Å². The van der Waals surface area contributed by atoms with E-state index in [2.05, 4.69) is 12.1 Å². The topological polar surface area (TPSA) is 26.3 Å². The summed E-state index contributed by atoms with van der Waals surface area (Å²) in [7, 11) is 12.1. The van der Waals surface area contributed by atoms with Gasteiger partial charge >= 0.3 is 5.97 Å². The summed E-state index contributed by atoms with van der Waals surface area (Å²) < 4.78 is 5.73. The van der Waals surface area contributed by atoms with E-state index in [1.807, 2.05) is 12.1 Å². The quantitative estimate of drug-likeness (QED) is 0.351. The van der Waals surface area contributed by atoms with Gasteiger partial charge in [-0.3, -0.25) is 4.79 Å². The summed E-state index contributed by atoms with van der Waals surface area (Å²) in [6, 6.07) is 8.21. The molecule has 4 rings (SSSR count). The van der Waals surface area contributed by atoms with Crippen LogP contribution in [0.2, 0.25) is 11.6 Å². The molecule has 0 bridgehead atoms. The monoisotopic (exact) mass is 388 g/mol. The maximum absolute atomic E-state index is 12.7. The Labute approximate surface area is 179 Å². The molecule has 0 atom stereocenters. The molecule has 0 saturated heterocycles. The number of esters is 1. The fourth-order valence-electron chi connectivity index (χ4n) is 5.90. The van der Waals surface area contributed by atoms with Crippen LogP contribution in [0.4, 0.5) is 0 Å². The maximum Gasteiger partial charge on any atom is 0.314 e. The summed E-state index contributed by atoms with van der Waals surface area (Å²) in [5.74, 6) is 3.72. The van der Waals surface area contributed by atoms with E-state index in [1.54, 1.807) is 0 Å². The van der Waals surface area contributed by atoms with Gasteiger partial charge in [0.05, 0.1) is 21.6 Å². The molecule has 1 aromatic carbocycles. The second-order valence-corrected chi connectivity index (χ2v) is 9.89. The predicted molar refractivity (Wildman–Crippen MR) is 120 cm³/mol. The van der Waals surface area contributed by atoms with Gasteiger partial charge in [0.15, 0.2) is 0 Å². The summed E-state index contributed by atoms with van der Waals surface area (Å²) in [5, 5.41) is 0. The summed E-state index contributed by atoms with van der Waals surface area (Å²) in [6.07, 6.45) is 13.7. The molecule has 1 aromatic rings. The number of hydrogen-bond donors (Lipinski definition) is 0. The van der Waals surface area contributed by atoms with Crippen LogP contribution in [0.1, 0.15) is 88.5 Å². The van der Waals surface area contributed by atoms with Gasteiger partial charge in [0.1, 0.15) is 5.75 Å². The molecule has 0 aromatic heterocycles. The Morgan fingerprint density at radius 3 is 1.72 bits per heavy atom. The molecule has 2 nitrogen and oxygen atoms in total. The van der Waals surface area contributed by atoms with Crippen LogP contribution in [0.15, 0.2) is 24.3 Å². The lowest BCUT2D eigenvalue weighted by atomic mass is 9.65. The second-order valence-electron chi connectivity index (χ2n) is 9.89. The first-order valence-electron chi connectivity index (χ1n) is 11.9. The highest BCUT2D eigenvalue weighted by Gasteiger charge is 2.33. The predicted octanol–water partition coefficient (Wildman–Crippen LogP) is 6.16. The zero-order chi connectivity index (χ0) is 20.2. The minimum Gasteiger partial charge on any atom is -0.426 e. The van der Waals surface area contributed by atoms with Gasteiger partial charge in [0.2, 0.25) is 0 Å². The second kappa shape index (κ2) is 9.75. The van der Waals surface area contributed by atoms with E-state index in [0.29, 0.717) is 23.3 Å². The fourth-order valence-corrected chi connectivity index (χ4v) is 5.90. The third-order valence-corrected chi connectivity index (χ3v) is 7.93. The molecule has 4 heteroatoms. The van der Waals surface area contributed by atoms with Crippen molar-refractivity contribution in [2.75, 3.05) is 0 Å². The molecule has 3 fully saturated rings. The third-order valence-electron chi connectivity index (χ3n) is 7.93. The van der Waals surface area contributed by atoms with Crippen LogP contribution < -0.4 is 4.74 Å². The van der Waals surface area contributed by atoms with Crippen molar-refractivity contribution in [2.45, 2.75) is 94.6 Å². The van der Waals surface area contributed by atoms with Crippen molar-refractivity contribution in [1.82, 2.24) is 0 Å². The van der Waals surface area contributed by atoms with Gasteiger partial charge < -0.3 is 4.74 Å². The van der Waals surface area contributed by atoms with Gasteiger partial charge in [-0.25, -0.2) is 0 Å². The van der Waals surface area contributed by atoms with Crippen molar-refractivity contribution in [3.63, 3.8) is 0 Å². The highest BCUT2D eigenvalue weighted by atomic mass is 16.5. The molecule has 0 N–H and O–H groups in total. The first-order valence-corrected chi connectivity index (χ1v) is 11.9. The van der Waals surface area contributed by atoms with Crippen LogP contribution in [0.25, 0.3) is 0 Å². The standard InChI is InChI=1S/C25H34B2O2/c26-22-11-5-18(6-12-22)17-1-3-21(4-2-17)25(28)29-24-15-9-20(10-16-24)19-7-13-23(27)14-8-19/h9-10,15-19,21-23H,1-8,11-14H2. The zero-order valence-electron chi connectivity index (χ0n) is 17.7. The summed E-state index contributed by atoms with van der Waals surface area (Å²) >= 11 is 0. The largest absolute Gasteiger partial charge is 0.426 e. The van der Waals surface area contributed by atoms with Gasteiger partial charge in [0.25, 0.3) is 0 Å². The molecule has 29 heavy (non-hydrogen) atoms. The van der Waals surface area contributed by atoms with E-state index in [0.717, 1.165) is 50.4 Å². The Balaban J connectivity index is 1.23. The highest BCUT2D eigenvalue weighted by Crippen LogP contribution is 2.42. The number of rotatable bonds is 4. The molecular formula is C25H34B2O2. The average Bonchev–Trinajstić information content (AvgIpc) is 2.76. The fraction of sp³-hybridized carbons (Fsp3) is 0.720. The Morgan fingerprint density at radius 1 is 0.690 bits per heavy atom. The molecule has 3 saturated carbocycles. The smallest absolute Gasteiger partial charge is 0.314 e. The first-order chi connectivity index (χ1) is 14.1. The SMILES string of the molecule is [B]C1CCC(c2ccc(OC(=O)C3CCC(C4CCC([B])CC4)CC3)cc2)CC1. The van der Waals surface area contributed by atoms with Crippen molar-refractivity contribution in [1.29, 1.82) is 0 Å². The van der Waals surface area contributed by atoms with Gasteiger partial charge in [0, 0.05) is 0 Å². The minimum absolute atomic E-state index is 0.0366. The molecule has 4 radical (unpaired) electrons. The van der Waals surface area contributed by atoms with E-state index in [9.17, 15) is 4.79 Å². The van der Waals surface area contributed by atoms with Crippen LogP contribution in [-0.4, -0.2) is 21.7 Å². The molecule has 152 valence electrons. The van der Waals surface area contributed by atoms with E-state index in [1.165, 1.54) is 44.1 Å². The van der Waals surface area contributed by atoms with E-state index < -0.39 is 0 Å². The van der Waals surface area contributed by atoms with Crippen molar-refractivity contribution >= 4 is 21.7 Å². The van der Waals surface area contributed by atoms with E-state index in [-0.39, 0.29) is 11.9 Å². The molecular weight excluding hydrogens is 354 g/mol. The Morgan fingerprint density at radius 2 is 1.17 bits per heavy atom. The number of carbonyl (C=O) groups excluding carboxylic acids is 1. The lowest BCUT2D eigenvalue weighted by molar-refractivity contribution is -0.140. The molecule has 3 aliphatic carbocycles. The van der Waals surface area contributed by atoms with Crippen molar-refractivity contribution in [2.24, 2.45) is 17.8 Å². The first kappa shape index (κ1) is 21.1. The Kier molecular flexibility index (Phi) is 7.08. The maximum atomic E-state index is 12.7. The highest BCUT2D eigenvalue weighted by molar-refractivity contribution is 6.11. The number of carbonyl (C=O) groups is 1. The van der Waals surface area contributed by atoms with Gasteiger partial charge in [-0.2, -0.15) is 0 Å². The van der Waals surface area contributed by atoms with Crippen LogP contribution >= 0.6 is 0 Å². The van der Waals surface area contributed by atoms with Crippen LogP contribution in [0, 0.1) is 17.8 Å². The number of ether oxygens (including phenoxy) is 1. The summed E-state index contributed by atoms with van der Waals surface area (Å²) in [6.45, 7) is 0. The molecule has 0 heterocycles. The van der Waals surface area contributed by atoms with Crippen LogP contribution in [-0.2, 0) is 4.79 Å². The van der Waals surface area contributed by atoms with Crippen molar-refractivity contribution < 1.29 is 9.53 Å². The lowest BCUT2D eigenvalue weighted by Gasteiger charge is -2.36. The molecule has 0 unspecified atom stereocenters. The molecule has 0 aliphatic heterocycles. The molecule has 3 aliphatic rings. The number of hydrogen-bond acceptors (Lipinski definition) is 2. The normalized spacial score (nSPS) is 35.7. The van der Waals surface area contributed by atoms with Crippen LogP contribution in [0.5, 0.6) is 5.75 Å². The van der Waals surface area contributed by atoms with Crippen LogP contribution in [0.3, 0.4) is 0 Å². The lowest BCUT2D eigenvalue weighted by Crippen LogP contribution is -2.29. The third kappa shape index (κ3) is 5.50. The Hall–Kier alpha value is -1.18. The molecule has 0 spiro atoms. The van der Waals surface area contributed by atoms with Gasteiger partial charge in [-0.05, 0) is 74.0 Å². The van der Waals surface area contributed by atoms with Crippen molar-refractivity contribution in [3.8, 4) is 5.75 Å².